The number of carbonyl (C=O) groups is 2. The standard InChI is InChI=1S/C11H6Cl2N2O3S/c12-5-2-1-3-6(13)9(5)14-11-15-10(18)7(19-11)4-8(16)17/h1-4H,(H,16,17)(H,14,15,18). The van der Waals surface area contributed by atoms with Crippen LogP contribution in [0, 0.1) is 0 Å². The van der Waals surface area contributed by atoms with Gasteiger partial charge in [0.2, 0.25) is 0 Å². The van der Waals surface area contributed by atoms with Crippen LogP contribution in [0.15, 0.2) is 34.2 Å². The number of aliphatic carboxylic acids is 1. The van der Waals surface area contributed by atoms with Crippen molar-refractivity contribution in [1.29, 1.82) is 0 Å². The molecule has 0 aromatic heterocycles. The van der Waals surface area contributed by atoms with Crippen LogP contribution < -0.4 is 5.32 Å². The van der Waals surface area contributed by atoms with Crippen LogP contribution in [0.25, 0.3) is 0 Å². The second-order valence-corrected chi connectivity index (χ2v) is 5.24. The molecule has 19 heavy (non-hydrogen) atoms. The molecule has 1 aliphatic rings. The highest BCUT2D eigenvalue weighted by Gasteiger charge is 2.25. The van der Waals surface area contributed by atoms with E-state index in [1.54, 1.807) is 18.2 Å². The van der Waals surface area contributed by atoms with Crippen LogP contribution >= 0.6 is 35.0 Å². The zero-order valence-electron chi connectivity index (χ0n) is 9.18. The first kappa shape index (κ1) is 13.9. The minimum absolute atomic E-state index is 0.0504. The van der Waals surface area contributed by atoms with Gasteiger partial charge < -0.3 is 10.4 Å². The number of thioether (sulfide) groups is 1. The number of carbonyl (C=O) groups excluding carboxylic acids is 1. The summed E-state index contributed by atoms with van der Waals surface area (Å²) in [5.74, 6) is -1.72. The van der Waals surface area contributed by atoms with Crippen LogP contribution in [0.5, 0.6) is 0 Å². The number of nitrogens with zero attached hydrogens (tertiary/aromatic N) is 1. The summed E-state index contributed by atoms with van der Waals surface area (Å²) in [6, 6.07) is 4.90. The van der Waals surface area contributed by atoms with Gasteiger partial charge in [-0.15, -0.1) is 0 Å². The number of aliphatic imine (C=N–C) groups is 1. The molecule has 8 heteroatoms. The normalized spacial score (nSPS) is 18.9. The van der Waals surface area contributed by atoms with Gasteiger partial charge in [0.1, 0.15) is 5.69 Å². The maximum absolute atomic E-state index is 11.5. The lowest BCUT2D eigenvalue weighted by Gasteiger charge is -2.01. The van der Waals surface area contributed by atoms with Crippen LogP contribution in [0.4, 0.5) is 5.69 Å². The van der Waals surface area contributed by atoms with E-state index >= 15 is 0 Å². The molecule has 0 bridgehead atoms. The second kappa shape index (κ2) is 5.64. The molecule has 1 aromatic carbocycles. The van der Waals surface area contributed by atoms with Gasteiger partial charge >= 0.3 is 5.97 Å². The van der Waals surface area contributed by atoms with Crippen LogP contribution in [0.2, 0.25) is 10.0 Å². The fraction of sp³-hybridized carbons (Fsp3) is 0. The first-order valence-corrected chi connectivity index (χ1v) is 6.51. The number of hydrogen-bond donors (Lipinski definition) is 2. The molecule has 98 valence electrons. The molecule has 0 saturated carbocycles. The van der Waals surface area contributed by atoms with Gasteiger partial charge in [0.25, 0.3) is 5.91 Å². The van der Waals surface area contributed by atoms with Gasteiger partial charge in [0.15, 0.2) is 5.17 Å². The van der Waals surface area contributed by atoms with Gasteiger partial charge in [0.05, 0.1) is 15.0 Å². The van der Waals surface area contributed by atoms with Crippen molar-refractivity contribution < 1.29 is 14.7 Å². The fourth-order valence-corrected chi connectivity index (χ4v) is 2.56. The number of halogens is 2. The Bertz CT molecular complexity index is 608. The number of amides is 1. The lowest BCUT2D eigenvalue weighted by Crippen LogP contribution is -2.19. The van der Waals surface area contributed by atoms with Gasteiger partial charge in [0, 0.05) is 6.08 Å². The highest BCUT2D eigenvalue weighted by atomic mass is 35.5. The molecule has 1 heterocycles. The quantitative estimate of drug-likeness (QED) is 0.822. The predicted molar refractivity (Wildman–Crippen MR) is 75.0 cm³/mol. The van der Waals surface area contributed by atoms with Gasteiger partial charge in [-0.3, -0.25) is 4.79 Å². The van der Waals surface area contributed by atoms with E-state index in [-0.39, 0.29) is 10.1 Å². The summed E-state index contributed by atoms with van der Waals surface area (Å²) in [5, 5.41) is 11.9. The lowest BCUT2D eigenvalue weighted by atomic mass is 10.3. The molecule has 2 rings (SSSR count). The van der Waals surface area contributed by atoms with Crippen LogP contribution in [0.1, 0.15) is 0 Å². The fourth-order valence-electron chi connectivity index (χ4n) is 1.29. The van der Waals surface area contributed by atoms with Gasteiger partial charge in [-0.05, 0) is 23.9 Å². The number of rotatable bonds is 2. The molecule has 0 spiro atoms. The molecular weight excluding hydrogens is 311 g/mol. The van der Waals surface area contributed by atoms with Gasteiger partial charge in [-0.2, -0.15) is 0 Å². The molecule has 2 N–H and O–H groups in total. The Kier molecular flexibility index (Phi) is 4.14. The summed E-state index contributed by atoms with van der Waals surface area (Å²) >= 11 is 12.8. The maximum Gasteiger partial charge on any atom is 0.329 e. The van der Waals surface area contributed by atoms with E-state index in [0.29, 0.717) is 15.7 Å². The predicted octanol–water partition coefficient (Wildman–Crippen LogP) is 2.81. The number of nitrogens with one attached hydrogen (secondary N) is 1. The largest absolute Gasteiger partial charge is 0.478 e. The Morgan fingerprint density at radius 1 is 1.37 bits per heavy atom. The van der Waals surface area contributed by atoms with E-state index in [2.05, 4.69) is 10.3 Å². The summed E-state index contributed by atoms with van der Waals surface area (Å²) in [5.41, 5.74) is 0.324. The first-order valence-electron chi connectivity index (χ1n) is 4.94. The van der Waals surface area contributed by atoms with Crippen molar-refractivity contribution in [3.05, 3.63) is 39.2 Å². The number of para-hydroxylation sites is 1. The third-order valence-corrected chi connectivity index (χ3v) is 3.58. The number of carboxylic acids is 1. The maximum atomic E-state index is 11.5. The third kappa shape index (κ3) is 3.28. The van der Waals surface area contributed by atoms with Gasteiger partial charge in [-0.1, -0.05) is 29.3 Å². The smallest absolute Gasteiger partial charge is 0.329 e. The average molecular weight is 317 g/mol. The Balaban J connectivity index is 2.32. The molecular formula is C11H6Cl2N2O3S. The van der Waals surface area contributed by atoms with Crippen LogP contribution in [-0.4, -0.2) is 22.2 Å². The summed E-state index contributed by atoms with van der Waals surface area (Å²) in [6.45, 7) is 0. The van der Waals surface area contributed by atoms with Crippen molar-refractivity contribution in [2.75, 3.05) is 0 Å². The molecule has 1 fully saturated rings. The van der Waals surface area contributed by atoms with E-state index in [9.17, 15) is 9.59 Å². The Morgan fingerprint density at radius 3 is 2.58 bits per heavy atom. The van der Waals surface area contributed by atoms with Crippen molar-refractivity contribution in [1.82, 2.24) is 5.32 Å². The van der Waals surface area contributed by atoms with Crippen molar-refractivity contribution in [3.8, 4) is 0 Å². The topological polar surface area (TPSA) is 78.8 Å². The molecule has 0 radical (unpaired) electrons. The van der Waals surface area contributed by atoms with E-state index in [1.807, 2.05) is 0 Å². The monoisotopic (exact) mass is 316 g/mol. The van der Waals surface area contributed by atoms with Crippen molar-refractivity contribution >= 4 is 57.7 Å². The lowest BCUT2D eigenvalue weighted by molar-refractivity contribution is -0.131. The Labute approximate surface area is 122 Å². The number of hydrogen-bond acceptors (Lipinski definition) is 4. The summed E-state index contributed by atoms with van der Waals surface area (Å²) < 4.78 is 0. The van der Waals surface area contributed by atoms with Crippen molar-refractivity contribution in [2.45, 2.75) is 0 Å². The summed E-state index contributed by atoms with van der Waals surface area (Å²) in [6.07, 6.45) is 0.816. The SMILES string of the molecule is O=C(O)C=C1SC(=Nc2c(Cl)cccc2Cl)NC1=O. The Morgan fingerprint density at radius 2 is 2.00 bits per heavy atom. The minimum Gasteiger partial charge on any atom is -0.478 e. The van der Waals surface area contributed by atoms with Crippen molar-refractivity contribution in [3.63, 3.8) is 0 Å². The average Bonchev–Trinajstić information content (AvgIpc) is 2.64. The summed E-state index contributed by atoms with van der Waals surface area (Å²) in [7, 11) is 0. The molecule has 1 saturated heterocycles. The van der Waals surface area contributed by atoms with E-state index < -0.39 is 11.9 Å². The van der Waals surface area contributed by atoms with Crippen LogP contribution in [-0.2, 0) is 9.59 Å². The van der Waals surface area contributed by atoms with Crippen molar-refractivity contribution in [2.24, 2.45) is 4.99 Å². The first-order chi connectivity index (χ1) is 8.97. The molecule has 0 unspecified atom stereocenters. The third-order valence-electron chi connectivity index (χ3n) is 2.06. The minimum atomic E-state index is -1.20. The zero-order valence-corrected chi connectivity index (χ0v) is 11.5. The molecule has 1 aliphatic heterocycles. The number of amidine groups is 1. The number of carboxylic acid groups (broad SMARTS) is 1. The highest BCUT2D eigenvalue weighted by Crippen LogP contribution is 2.35. The highest BCUT2D eigenvalue weighted by molar-refractivity contribution is 8.18. The zero-order chi connectivity index (χ0) is 14.0. The summed E-state index contributed by atoms with van der Waals surface area (Å²) in [4.78, 5) is 26.2. The van der Waals surface area contributed by atoms with Gasteiger partial charge in [-0.25, -0.2) is 9.79 Å². The molecule has 0 aliphatic carbocycles. The van der Waals surface area contributed by atoms with Crippen LogP contribution in [0.3, 0.4) is 0 Å². The molecule has 5 nitrogen and oxygen atoms in total. The molecule has 0 atom stereocenters. The Hall–Kier alpha value is -1.50. The van der Waals surface area contributed by atoms with E-state index in [0.717, 1.165) is 17.8 Å². The van der Waals surface area contributed by atoms with E-state index in [1.165, 1.54) is 0 Å². The van der Waals surface area contributed by atoms with E-state index in [4.69, 9.17) is 28.3 Å². The number of benzene rings is 1. The molecule has 1 amide bonds. The molecule has 1 aromatic rings. The second-order valence-electron chi connectivity index (χ2n) is 3.39.